The Kier molecular flexibility index (Phi) is 4.91. The number of nitrogens with one attached hydrogen (secondary N) is 1. The molecule has 0 saturated carbocycles. The van der Waals surface area contributed by atoms with Gasteiger partial charge in [0.1, 0.15) is 5.75 Å². The molecule has 5 nitrogen and oxygen atoms in total. The van der Waals surface area contributed by atoms with Gasteiger partial charge in [0.25, 0.3) is 0 Å². The van der Waals surface area contributed by atoms with Crippen LogP contribution in [0.15, 0.2) is 18.2 Å². The molecular formula is C14H22N2O3. The fraction of sp³-hybridized carbons (Fsp3) is 0.500. The summed E-state index contributed by atoms with van der Waals surface area (Å²) in [7, 11) is 1.55. The Labute approximate surface area is 113 Å². The van der Waals surface area contributed by atoms with Gasteiger partial charge in [0.2, 0.25) is 6.41 Å². The molecule has 19 heavy (non-hydrogen) atoms. The Morgan fingerprint density at radius 2 is 2.05 bits per heavy atom. The van der Waals surface area contributed by atoms with Crippen LogP contribution in [0.5, 0.6) is 5.75 Å². The number of amides is 1. The summed E-state index contributed by atoms with van der Waals surface area (Å²) in [5.74, 6) is 0.00864. The van der Waals surface area contributed by atoms with Crippen LogP contribution in [-0.4, -0.2) is 35.8 Å². The number of hydrogen-bond acceptors (Lipinski definition) is 4. The van der Waals surface area contributed by atoms with Crippen molar-refractivity contribution < 1.29 is 15.0 Å². The molecule has 0 aliphatic heterocycles. The summed E-state index contributed by atoms with van der Waals surface area (Å²) in [6.45, 7) is 6.45. The van der Waals surface area contributed by atoms with Crippen LogP contribution in [0.4, 0.5) is 5.69 Å². The van der Waals surface area contributed by atoms with Gasteiger partial charge < -0.3 is 20.4 Å². The summed E-state index contributed by atoms with van der Waals surface area (Å²) < 4.78 is 0. The van der Waals surface area contributed by atoms with Crippen LogP contribution in [-0.2, 0) is 4.79 Å². The number of anilines is 1. The first kappa shape index (κ1) is 15.5. The van der Waals surface area contributed by atoms with Crippen molar-refractivity contribution in [1.29, 1.82) is 0 Å². The molecule has 106 valence electrons. The van der Waals surface area contributed by atoms with Gasteiger partial charge in [0, 0.05) is 19.1 Å². The number of β-amino-alcohol motifs (C(OH)–C–C–N with tert-alkyl or cyclic N) is 1. The van der Waals surface area contributed by atoms with E-state index in [-0.39, 0.29) is 11.3 Å². The van der Waals surface area contributed by atoms with Gasteiger partial charge in [-0.15, -0.1) is 0 Å². The summed E-state index contributed by atoms with van der Waals surface area (Å²) in [6.07, 6.45) is -0.0860. The number of aliphatic hydroxyl groups excluding tert-OH is 1. The Bertz CT molecular complexity index is 441. The quantitative estimate of drug-likeness (QED) is 0.705. The number of aromatic hydroxyl groups is 1. The number of phenols is 1. The van der Waals surface area contributed by atoms with Crippen molar-refractivity contribution in [3.8, 4) is 5.75 Å². The Morgan fingerprint density at radius 3 is 2.58 bits per heavy atom. The molecule has 0 aromatic heterocycles. The Morgan fingerprint density at radius 1 is 1.42 bits per heavy atom. The zero-order valence-electron chi connectivity index (χ0n) is 11.8. The lowest BCUT2D eigenvalue weighted by Crippen LogP contribution is -2.38. The van der Waals surface area contributed by atoms with E-state index in [0.29, 0.717) is 24.2 Å². The molecule has 0 spiro atoms. The molecule has 1 aromatic rings. The highest BCUT2D eigenvalue weighted by Gasteiger charge is 2.15. The van der Waals surface area contributed by atoms with Gasteiger partial charge in [0.15, 0.2) is 0 Å². The average Bonchev–Trinajstić information content (AvgIpc) is 2.34. The maximum Gasteiger partial charge on any atom is 0.213 e. The predicted molar refractivity (Wildman–Crippen MR) is 75.3 cm³/mol. The van der Waals surface area contributed by atoms with E-state index in [4.69, 9.17) is 0 Å². The SMILES string of the molecule is CN(C=O)c1cc(C(O)CNC(C)(C)C)ccc1O. The van der Waals surface area contributed by atoms with Crippen LogP contribution in [0, 0.1) is 0 Å². The molecular weight excluding hydrogens is 244 g/mol. The van der Waals surface area contributed by atoms with Gasteiger partial charge in [-0.1, -0.05) is 6.07 Å². The fourth-order valence-corrected chi connectivity index (χ4v) is 1.61. The summed E-state index contributed by atoms with van der Waals surface area (Å²) in [6, 6.07) is 4.73. The third-order valence-corrected chi connectivity index (χ3v) is 2.75. The van der Waals surface area contributed by atoms with Crippen molar-refractivity contribution >= 4 is 12.1 Å². The van der Waals surface area contributed by atoms with Crippen LogP contribution < -0.4 is 10.2 Å². The smallest absolute Gasteiger partial charge is 0.213 e. The van der Waals surface area contributed by atoms with E-state index < -0.39 is 6.10 Å². The second-order valence-electron chi connectivity index (χ2n) is 5.61. The normalized spacial score (nSPS) is 13.1. The second kappa shape index (κ2) is 6.04. The molecule has 0 saturated heterocycles. The average molecular weight is 266 g/mol. The summed E-state index contributed by atoms with van der Waals surface area (Å²) >= 11 is 0. The monoisotopic (exact) mass is 266 g/mol. The molecule has 5 heteroatoms. The van der Waals surface area contributed by atoms with Gasteiger partial charge in [-0.3, -0.25) is 4.79 Å². The van der Waals surface area contributed by atoms with Crippen molar-refractivity contribution in [1.82, 2.24) is 5.32 Å². The number of aliphatic hydroxyl groups is 1. The first-order chi connectivity index (χ1) is 8.74. The van der Waals surface area contributed by atoms with E-state index >= 15 is 0 Å². The highest BCUT2D eigenvalue weighted by atomic mass is 16.3. The van der Waals surface area contributed by atoms with E-state index in [1.165, 1.54) is 11.0 Å². The minimum absolute atomic E-state index is 0.00864. The van der Waals surface area contributed by atoms with Crippen LogP contribution in [0.3, 0.4) is 0 Å². The van der Waals surface area contributed by atoms with Crippen LogP contribution in [0.25, 0.3) is 0 Å². The van der Waals surface area contributed by atoms with Gasteiger partial charge in [-0.05, 0) is 38.5 Å². The number of carbonyl (C=O) groups is 1. The molecule has 1 rings (SSSR count). The molecule has 0 aliphatic rings. The molecule has 0 heterocycles. The zero-order valence-corrected chi connectivity index (χ0v) is 11.8. The molecule has 0 fully saturated rings. The van der Waals surface area contributed by atoms with E-state index in [2.05, 4.69) is 5.32 Å². The largest absolute Gasteiger partial charge is 0.506 e. The minimum Gasteiger partial charge on any atom is -0.506 e. The topological polar surface area (TPSA) is 72.8 Å². The van der Waals surface area contributed by atoms with Crippen molar-refractivity contribution in [2.24, 2.45) is 0 Å². The number of hydrogen-bond donors (Lipinski definition) is 3. The van der Waals surface area contributed by atoms with Crippen molar-refractivity contribution in [3.63, 3.8) is 0 Å². The molecule has 1 aromatic carbocycles. The first-order valence-electron chi connectivity index (χ1n) is 6.19. The molecule has 1 amide bonds. The second-order valence-corrected chi connectivity index (χ2v) is 5.61. The molecule has 3 N–H and O–H groups in total. The third-order valence-electron chi connectivity index (χ3n) is 2.75. The van der Waals surface area contributed by atoms with Gasteiger partial charge in [0.05, 0.1) is 11.8 Å². The first-order valence-corrected chi connectivity index (χ1v) is 6.19. The predicted octanol–water partition coefficient (Wildman–Crippen LogP) is 1.41. The third kappa shape index (κ3) is 4.54. The highest BCUT2D eigenvalue weighted by Crippen LogP contribution is 2.29. The number of carbonyl (C=O) groups excluding carboxylic acids is 1. The lowest BCUT2D eigenvalue weighted by molar-refractivity contribution is -0.107. The molecule has 0 aliphatic carbocycles. The maximum atomic E-state index is 10.7. The van der Waals surface area contributed by atoms with Gasteiger partial charge in [-0.25, -0.2) is 0 Å². The minimum atomic E-state index is -0.696. The number of phenolic OH excluding ortho intramolecular Hbond substituents is 1. The molecule has 1 atom stereocenters. The van der Waals surface area contributed by atoms with Crippen LogP contribution >= 0.6 is 0 Å². The lowest BCUT2D eigenvalue weighted by Gasteiger charge is -2.23. The highest BCUT2D eigenvalue weighted by molar-refractivity contribution is 5.78. The van der Waals surface area contributed by atoms with E-state index in [9.17, 15) is 15.0 Å². The van der Waals surface area contributed by atoms with Crippen molar-refractivity contribution in [2.75, 3.05) is 18.5 Å². The number of nitrogens with zero attached hydrogens (tertiary/aromatic N) is 1. The number of rotatable bonds is 5. The molecule has 0 radical (unpaired) electrons. The van der Waals surface area contributed by atoms with Crippen molar-refractivity contribution in [3.05, 3.63) is 23.8 Å². The fourth-order valence-electron chi connectivity index (χ4n) is 1.61. The summed E-state index contributed by atoms with van der Waals surface area (Å²) in [4.78, 5) is 12.0. The van der Waals surface area contributed by atoms with E-state index in [0.717, 1.165) is 0 Å². The van der Waals surface area contributed by atoms with Crippen LogP contribution in [0.2, 0.25) is 0 Å². The Hall–Kier alpha value is -1.59. The maximum absolute atomic E-state index is 10.7. The van der Waals surface area contributed by atoms with E-state index in [1.54, 1.807) is 19.2 Å². The van der Waals surface area contributed by atoms with Gasteiger partial charge >= 0.3 is 0 Å². The molecule has 0 bridgehead atoms. The zero-order chi connectivity index (χ0) is 14.6. The Balaban J connectivity index is 2.86. The standard InChI is InChI=1S/C14H22N2O3/c1-14(2,3)15-8-13(19)10-5-6-12(18)11(7-10)16(4)9-17/h5-7,9,13,15,18-19H,8H2,1-4H3. The van der Waals surface area contributed by atoms with Crippen molar-refractivity contribution in [2.45, 2.75) is 32.4 Å². The van der Waals surface area contributed by atoms with E-state index in [1.807, 2.05) is 20.8 Å². The molecule has 1 unspecified atom stereocenters. The number of benzene rings is 1. The summed E-state index contributed by atoms with van der Waals surface area (Å²) in [5, 5.41) is 23.0. The van der Waals surface area contributed by atoms with Crippen LogP contribution in [0.1, 0.15) is 32.4 Å². The lowest BCUT2D eigenvalue weighted by atomic mass is 10.1. The summed E-state index contributed by atoms with van der Waals surface area (Å²) in [5.41, 5.74) is 0.945. The van der Waals surface area contributed by atoms with Gasteiger partial charge in [-0.2, -0.15) is 0 Å².